The summed E-state index contributed by atoms with van der Waals surface area (Å²) in [6.45, 7) is 6.45. The first-order valence-corrected chi connectivity index (χ1v) is 6.55. The van der Waals surface area contributed by atoms with Crippen molar-refractivity contribution < 1.29 is 13.2 Å². The van der Waals surface area contributed by atoms with Crippen LogP contribution in [0.2, 0.25) is 0 Å². The molecule has 2 unspecified atom stereocenters. The van der Waals surface area contributed by atoms with Crippen molar-refractivity contribution >= 4 is 11.8 Å². The van der Waals surface area contributed by atoms with Crippen LogP contribution in [-0.4, -0.2) is 47.9 Å². The molecular weight excluding hydrogens is 237 g/mol. The Morgan fingerprint density at radius 2 is 2.06 bits per heavy atom. The van der Waals surface area contributed by atoms with E-state index >= 15 is 0 Å². The van der Waals surface area contributed by atoms with E-state index < -0.39 is 5.51 Å². The molecule has 1 rings (SSSR count). The van der Waals surface area contributed by atoms with E-state index in [4.69, 9.17) is 0 Å². The quantitative estimate of drug-likeness (QED) is 0.834. The van der Waals surface area contributed by atoms with Crippen LogP contribution in [0.5, 0.6) is 0 Å². The molecule has 2 atom stereocenters. The molecule has 0 radical (unpaired) electrons. The summed E-state index contributed by atoms with van der Waals surface area (Å²) in [5.41, 5.74) is -4.10. The summed E-state index contributed by atoms with van der Waals surface area (Å²) in [5.74, 6) is 0.126. The van der Waals surface area contributed by atoms with Crippen molar-refractivity contribution in [2.75, 3.05) is 25.4 Å². The van der Waals surface area contributed by atoms with E-state index in [1.165, 1.54) is 0 Å². The zero-order valence-electron chi connectivity index (χ0n) is 9.68. The number of halogens is 3. The van der Waals surface area contributed by atoms with Crippen molar-refractivity contribution in [1.29, 1.82) is 0 Å². The molecule has 96 valence electrons. The highest BCUT2D eigenvalue weighted by atomic mass is 32.2. The molecule has 1 heterocycles. The van der Waals surface area contributed by atoms with E-state index in [0.717, 1.165) is 19.5 Å². The highest BCUT2D eigenvalue weighted by Crippen LogP contribution is 2.30. The SMILES string of the molecule is CC1CN(CCSC(F)(F)F)C(C)CCN1. The highest BCUT2D eigenvalue weighted by molar-refractivity contribution is 8.00. The van der Waals surface area contributed by atoms with E-state index in [0.29, 0.717) is 18.6 Å². The average molecular weight is 256 g/mol. The first-order valence-electron chi connectivity index (χ1n) is 5.56. The number of rotatable bonds is 3. The fourth-order valence-electron chi connectivity index (χ4n) is 1.91. The zero-order valence-corrected chi connectivity index (χ0v) is 10.5. The molecule has 0 amide bonds. The summed E-state index contributed by atoms with van der Waals surface area (Å²) in [7, 11) is 0. The van der Waals surface area contributed by atoms with Gasteiger partial charge >= 0.3 is 5.51 Å². The van der Waals surface area contributed by atoms with E-state index in [-0.39, 0.29) is 17.5 Å². The smallest absolute Gasteiger partial charge is 0.313 e. The highest BCUT2D eigenvalue weighted by Gasteiger charge is 2.28. The zero-order chi connectivity index (χ0) is 12.2. The topological polar surface area (TPSA) is 15.3 Å². The minimum Gasteiger partial charge on any atom is -0.313 e. The Kier molecular flexibility index (Phi) is 5.40. The molecule has 0 aliphatic carbocycles. The van der Waals surface area contributed by atoms with Crippen LogP contribution in [0.25, 0.3) is 0 Å². The predicted octanol–water partition coefficient (Wildman–Crippen LogP) is 2.31. The van der Waals surface area contributed by atoms with Gasteiger partial charge in [0.15, 0.2) is 0 Å². The predicted molar refractivity (Wildman–Crippen MR) is 61.6 cm³/mol. The number of nitrogens with zero attached hydrogens (tertiary/aromatic N) is 1. The monoisotopic (exact) mass is 256 g/mol. The molecule has 0 aromatic heterocycles. The molecule has 1 fully saturated rings. The molecule has 0 bridgehead atoms. The molecule has 1 aliphatic rings. The van der Waals surface area contributed by atoms with Gasteiger partial charge in [-0.2, -0.15) is 13.2 Å². The molecule has 1 aliphatic heterocycles. The number of thioether (sulfide) groups is 1. The normalized spacial score (nSPS) is 29.1. The third-order valence-electron chi connectivity index (χ3n) is 2.83. The minimum atomic E-state index is -4.10. The molecule has 2 nitrogen and oxygen atoms in total. The van der Waals surface area contributed by atoms with Gasteiger partial charge in [-0.1, -0.05) is 0 Å². The standard InChI is InChI=1S/C10H19F3N2S/c1-8-7-15(9(2)3-4-14-8)5-6-16-10(11,12)13/h8-9,14H,3-7H2,1-2H3. The Bertz CT molecular complexity index is 211. The summed E-state index contributed by atoms with van der Waals surface area (Å²) < 4.78 is 36.0. The number of nitrogens with one attached hydrogen (secondary N) is 1. The second-order valence-corrected chi connectivity index (χ2v) is 5.44. The maximum Gasteiger partial charge on any atom is 0.441 e. The summed E-state index contributed by atoms with van der Waals surface area (Å²) in [4.78, 5) is 2.14. The van der Waals surface area contributed by atoms with Crippen LogP contribution in [0.1, 0.15) is 20.3 Å². The lowest BCUT2D eigenvalue weighted by Crippen LogP contribution is -2.39. The summed E-state index contributed by atoms with van der Waals surface area (Å²) in [6.07, 6.45) is 1.00. The first kappa shape index (κ1) is 14.1. The van der Waals surface area contributed by atoms with Gasteiger partial charge in [-0.3, -0.25) is 4.90 Å². The van der Waals surface area contributed by atoms with Gasteiger partial charge in [0.2, 0.25) is 0 Å². The second-order valence-electron chi connectivity index (χ2n) is 4.28. The Balaban J connectivity index is 2.32. The van der Waals surface area contributed by atoms with Gasteiger partial charge in [0.1, 0.15) is 0 Å². The lowest BCUT2D eigenvalue weighted by Gasteiger charge is -2.27. The van der Waals surface area contributed by atoms with Gasteiger partial charge in [0.25, 0.3) is 0 Å². The largest absolute Gasteiger partial charge is 0.441 e. The van der Waals surface area contributed by atoms with Crippen LogP contribution in [0.15, 0.2) is 0 Å². The van der Waals surface area contributed by atoms with E-state index in [1.54, 1.807) is 0 Å². The molecule has 0 spiro atoms. The number of alkyl halides is 3. The van der Waals surface area contributed by atoms with Crippen molar-refractivity contribution in [2.45, 2.75) is 37.9 Å². The summed E-state index contributed by atoms with van der Waals surface area (Å²) in [6, 6.07) is 0.729. The third-order valence-corrected chi connectivity index (χ3v) is 3.54. The lowest BCUT2D eigenvalue weighted by atomic mass is 10.2. The molecular formula is C10H19F3N2S. The number of hydrogen-bond acceptors (Lipinski definition) is 3. The van der Waals surface area contributed by atoms with Crippen molar-refractivity contribution in [1.82, 2.24) is 10.2 Å². The molecule has 1 saturated heterocycles. The maximum absolute atomic E-state index is 12.0. The fourth-order valence-corrected chi connectivity index (χ4v) is 2.47. The second kappa shape index (κ2) is 6.12. The third kappa shape index (κ3) is 5.41. The summed E-state index contributed by atoms with van der Waals surface area (Å²) >= 11 is 0.0752. The Morgan fingerprint density at radius 3 is 2.69 bits per heavy atom. The van der Waals surface area contributed by atoms with Crippen molar-refractivity contribution in [3.05, 3.63) is 0 Å². The van der Waals surface area contributed by atoms with Crippen molar-refractivity contribution in [3.8, 4) is 0 Å². The lowest BCUT2D eigenvalue weighted by molar-refractivity contribution is -0.0329. The van der Waals surface area contributed by atoms with Crippen LogP contribution in [0.4, 0.5) is 13.2 Å². The van der Waals surface area contributed by atoms with Gasteiger partial charge in [-0.05, 0) is 38.6 Å². The maximum atomic E-state index is 12.0. The molecule has 0 saturated carbocycles. The van der Waals surface area contributed by atoms with Crippen LogP contribution >= 0.6 is 11.8 Å². The van der Waals surface area contributed by atoms with Crippen LogP contribution in [0, 0.1) is 0 Å². The minimum absolute atomic E-state index is 0.0752. The first-order chi connectivity index (χ1) is 7.38. The molecule has 0 aromatic carbocycles. The van der Waals surface area contributed by atoms with Gasteiger partial charge < -0.3 is 5.32 Å². The Hall–Kier alpha value is 0.0600. The fraction of sp³-hybridized carbons (Fsp3) is 1.00. The van der Waals surface area contributed by atoms with Crippen molar-refractivity contribution in [3.63, 3.8) is 0 Å². The van der Waals surface area contributed by atoms with Crippen LogP contribution in [-0.2, 0) is 0 Å². The Labute approximate surface area is 98.9 Å². The summed E-state index contributed by atoms with van der Waals surface area (Å²) in [5, 5.41) is 3.34. The van der Waals surface area contributed by atoms with Crippen LogP contribution in [0.3, 0.4) is 0 Å². The van der Waals surface area contributed by atoms with Gasteiger partial charge in [0.05, 0.1) is 0 Å². The van der Waals surface area contributed by atoms with E-state index in [9.17, 15) is 13.2 Å². The molecule has 16 heavy (non-hydrogen) atoms. The van der Waals surface area contributed by atoms with E-state index in [1.807, 2.05) is 0 Å². The Morgan fingerprint density at radius 1 is 1.38 bits per heavy atom. The number of hydrogen-bond donors (Lipinski definition) is 1. The van der Waals surface area contributed by atoms with Crippen LogP contribution < -0.4 is 5.32 Å². The van der Waals surface area contributed by atoms with Gasteiger partial charge in [0, 0.05) is 30.9 Å². The molecule has 0 aromatic rings. The van der Waals surface area contributed by atoms with Gasteiger partial charge in [-0.15, -0.1) is 0 Å². The molecule has 6 heteroatoms. The molecule has 1 N–H and O–H groups in total. The average Bonchev–Trinajstić information content (AvgIpc) is 2.27. The van der Waals surface area contributed by atoms with E-state index in [2.05, 4.69) is 24.1 Å². The van der Waals surface area contributed by atoms with Crippen molar-refractivity contribution in [2.24, 2.45) is 0 Å². The van der Waals surface area contributed by atoms with Gasteiger partial charge in [-0.25, -0.2) is 0 Å².